The van der Waals surface area contributed by atoms with Crippen LogP contribution in [0, 0.1) is 5.92 Å². The molecular formula is C10H16N6O. The van der Waals surface area contributed by atoms with Crippen LogP contribution in [-0.4, -0.2) is 29.0 Å². The number of hydrogen-bond donors (Lipinski definition) is 4. The normalized spacial score (nSPS) is 14.4. The molecule has 1 saturated carbocycles. The van der Waals surface area contributed by atoms with E-state index in [4.69, 9.17) is 11.5 Å². The first-order chi connectivity index (χ1) is 8.15. The highest BCUT2D eigenvalue weighted by atomic mass is 16.2. The first-order valence-electron chi connectivity index (χ1n) is 5.57. The Morgan fingerprint density at radius 3 is 2.76 bits per heavy atom. The van der Waals surface area contributed by atoms with E-state index in [9.17, 15) is 4.79 Å². The number of nitrogens with zero attached hydrogens (tertiary/aromatic N) is 2. The third kappa shape index (κ3) is 3.47. The number of nitrogens with two attached hydrogens (primary N) is 2. The topological polar surface area (TPSA) is 119 Å². The van der Waals surface area contributed by atoms with Gasteiger partial charge in [0.25, 0.3) is 0 Å². The number of rotatable bonds is 5. The Labute approximate surface area is 99.0 Å². The van der Waals surface area contributed by atoms with E-state index in [0.29, 0.717) is 24.7 Å². The molecule has 0 aliphatic heterocycles. The summed E-state index contributed by atoms with van der Waals surface area (Å²) in [5, 5.41) is 5.85. The largest absolute Gasteiger partial charge is 0.383 e. The van der Waals surface area contributed by atoms with Crippen molar-refractivity contribution in [3.8, 4) is 0 Å². The van der Waals surface area contributed by atoms with Gasteiger partial charge in [0, 0.05) is 25.1 Å². The second kappa shape index (κ2) is 4.86. The van der Waals surface area contributed by atoms with Crippen LogP contribution in [-0.2, 0) is 4.79 Å². The summed E-state index contributed by atoms with van der Waals surface area (Å²) in [5.41, 5.74) is 11.0. The monoisotopic (exact) mass is 236 g/mol. The Kier molecular flexibility index (Phi) is 3.27. The van der Waals surface area contributed by atoms with Crippen molar-refractivity contribution in [2.24, 2.45) is 5.92 Å². The van der Waals surface area contributed by atoms with Crippen LogP contribution >= 0.6 is 0 Å². The number of carbonyl (C=O) groups is 1. The summed E-state index contributed by atoms with van der Waals surface area (Å²) >= 11 is 0. The van der Waals surface area contributed by atoms with Crippen LogP contribution in [0.1, 0.15) is 12.8 Å². The van der Waals surface area contributed by atoms with Crippen LogP contribution in [0.4, 0.5) is 17.6 Å². The molecule has 1 aliphatic rings. The lowest BCUT2D eigenvalue weighted by atomic mass is 10.4. The molecule has 92 valence electrons. The van der Waals surface area contributed by atoms with Crippen LogP contribution < -0.4 is 22.1 Å². The SMILES string of the molecule is Nc1cc(NCCNC(=O)C2CC2)nc(N)n1. The lowest BCUT2D eigenvalue weighted by molar-refractivity contribution is -0.122. The van der Waals surface area contributed by atoms with Gasteiger partial charge < -0.3 is 22.1 Å². The van der Waals surface area contributed by atoms with E-state index in [2.05, 4.69) is 20.6 Å². The van der Waals surface area contributed by atoms with E-state index >= 15 is 0 Å². The highest BCUT2D eigenvalue weighted by Crippen LogP contribution is 2.28. The predicted octanol–water partition coefficient (Wildman–Crippen LogP) is -0.421. The van der Waals surface area contributed by atoms with E-state index in [1.54, 1.807) is 6.07 Å². The van der Waals surface area contributed by atoms with Gasteiger partial charge in [0.05, 0.1) is 0 Å². The Morgan fingerprint density at radius 1 is 1.35 bits per heavy atom. The third-order valence-electron chi connectivity index (χ3n) is 2.44. The average Bonchev–Trinajstić information content (AvgIpc) is 3.06. The van der Waals surface area contributed by atoms with Crippen LogP contribution in [0.2, 0.25) is 0 Å². The summed E-state index contributed by atoms with van der Waals surface area (Å²) in [4.78, 5) is 19.0. The van der Waals surface area contributed by atoms with Gasteiger partial charge in [0.15, 0.2) is 0 Å². The summed E-state index contributed by atoms with van der Waals surface area (Å²) in [5.74, 6) is 1.39. The molecule has 0 unspecified atom stereocenters. The molecule has 6 N–H and O–H groups in total. The number of nitrogen functional groups attached to an aromatic ring is 2. The molecule has 17 heavy (non-hydrogen) atoms. The first-order valence-corrected chi connectivity index (χ1v) is 5.57. The first kappa shape index (κ1) is 11.4. The molecule has 2 rings (SSSR count). The second-order valence-corrected chi connectivity index (χ2v) is 4.03. The number of anilines is 3. The van der Waals surface area contributed by atoms with Gasteiger partial charge in [-0.1, -0.05) is 0 Å². The number of nitrogens with one attached hydrogen (secondary N) is 2. The fourth-order valence-corrected chi connectivity index (χ4v) is 1.44. The molecule has 0 bridgehead atoms. The fourth-order valence-electron chi connectivity index (χ4n) is 1.44. The van der Waals surface area contributed by atoms with Crippen molar-refractivity contribution in [3.63, 3.8) is 0 Å². The molecule has 1 heterocycles. The minimum Gasteiger partial charge on any atom is -0.383 e. The minimum atomic E-state index is 0.133. The van der Waals surface area contributed by atoms with Gasteiger partial charge in [0.1, 0.15) is 11.6 Å². The Bertz CT molecular complexity index is 397. The van der Waals surface area contributed by atoms with E-state index in [0.717, 1.165) is 12.8 Å². The summed E-state index contributed by atoms with van der Waals surface area (Å²) in [6.45, 7) is 1.13. The smallest absolute Gasteiger partial charge is 0.223 e. The summed E-state index contributed by atoms with van der Waals surface area (Å²) in [6, 6.07) is 1.60. The van der Waals surface area contributed by atoms with E-state index in [1.807, 2.05) is 0 Å². The van der Waals surface area contributed by atoms with Crippen LogP contribution in [0.15, 0.2) is 6.07 Å². The molecule has 1 aromatic heterocycles. The number of carbonyl (C=O) groups excluding carboxylic acids is 1. The van der Waals surface area contributed by atoms with Crippen molar-refractivity contribution in [3.05, 3.63) is 6.07 Å². The van der Waals surface area contributed by atoms with Gasteiger partial charge in [-0.05, 0) is 12.8 Å². The van der Waals surface area contributed by atoms with Gasteiger partial charge in [-0.15, -0.1) is 0 Å². The third-order valence-corrected chi connectivity index (χ3v) is 2.44. The van der Waals surface area contributed by atoms with Crippen molar-refractivity contribution in [2.75, 3.05) is 29.9 Å². The van der Waals surface area contributed by atoms with Crippen LogP contribution in [0.3, 0.4) is 0 Å². The summed E-state index contributed by atoms with van der Waals surface area (Å²) in [6.07, 6.45) is 2.02. The number of amides is 1. The molecule has 0 spiro atoms. The summed E-state index contributed by atoms with van der Waals surface area (Å²) < 4.78 is 0. The fraction of sp³-hybridized carbons (Fsp3) is 0.500. The molecule has 7 heteroatoms. The molecule has 0 aromatic carbocycles. The standard InChI is InChI=1S/C10H16N6O/c11-7-5-8(16-10(12)15-7)13-3-4-14-9(17)6-1-2-6/h5-6H,1-4H2,(H,14,17)(H5,11,12,13,15,16). The zero-order chi connectivity index (χ0) is 12.3. The van der Waals surface area contributed by atoms with Crippen molar-refractivity contribution in [1.29, 1.82) is 0 Å². The molecular weight excluding hydrogens is 220 g/mol. The minimum absolute atomic E-state index is 0.133. The lowest BCUT2D eigenvalue weighted by Crippen LogP contribution is -2.30. The molecule has 1 amide bonds. The van der Waals surface area contributed by atoms with Gasteiger partial charge >= 0.3 is 0 Å². The van der Waals surface area contributed by atoms with Crippen molar-refractivity contribution in [1.82, 2.24) is 15.3 Å². The van der Waals surface area contributed by atoms with Crippen molar-refractivity contribution >= 4 is 23.5 Å². The maximum Gasteiger partial charge on any atom is 0.223 e. The second-order valence-electron chi connectivity index (χ2n) is 4.03. The van der Waals surface area contributed by atoms with Crippen molar-refractivity contribution in [2.45, 2.75) is 12.8 Å². The molecule has 0 saturated heterocycles. The van der Waals surface area contributed by atoms with Crippen LogP contribution in [0.5, 0.6) is 0 Å². The number of aromatic nitrogens is 2. The molecule has 1 fully saturated rings. The molecule has 0 atom stereocenters. The Morgan fingerprint density at radius 2 is 2.12 bits per heavy atom. The lowest BCUT2D eigenvalue weighted by Gasteiger charge is -2.07. The molecule has 1 aromatic rings. The predicted molar refractivity (Wildman–Crippen MR) is 65.1 cm³/mol. The van der Waals surface area contributed by atoms with Gasteiger partial charge in [-0.25, -0.2) is 0 Å². The highest BCUT2D eigenvalue weighted by Gasteiger charge is 2.28. The maximum atomic E-state index is 11.3. The Hall–Kier alpha value is -2.05. The molecule has 0 radical (unpaired) electrons. The summed E-state index contributed by atoms with van der Waals surface area (Å²) in [7, 11) is 0. The molecule has 1 aliphatic carbocycles. The maximum absolute atomic E-state index is 11.3. The van der Waals surface area contributed by atoms with E-state index < -0.39 is 0 Å². The van der Waals surface area contributed by atoms with E-state index in [-0.39, 0.29) is 17.8 Å². The van der Waals surface area contributed by atoms with Crippen molar-refractivity contribution < 1.29 is 4.79 Å². The zero-order valence-electron chi connectivity index (χ0n) is 9.44. The van der Waals surface area contributed by atoms with Crippen LogP contribution in [0.25, 0.3) is 0 Å². The number of hydrogen-bond acceptors (Lipinski definition) is 6. The molecule has 7 nitrogen and oxygen atoms in total. The quantitative estimate of drug-likeness (QED) is 0.515. The van der Waals surface area contributed by atoms with Gasteiger partial charge in [-0.3, -0.25) is 4.79 Å². The zero-order valence-corrected chi connectivity index (χ0v) is 9.44. The van der Waals surface area contributed by atoms with Gasteiger partial charge in [-0.2, -0.15) is 9.97 Å². The van der Waals surface area contributed by atoms with Gasteiger partial charge in [0.2, 0.25) is 11.9 Å². The Balaban J connectivity index is 1.71. The highest BCUT2D eigenvalue weighted by molar-refractivity contribution is 5.80. The average molecular weight is 236 g/mol. The van der Waals surface area contributed by atoms with E-state index in [1.165, 1.54) is 0 Å².